The maximum absolute atomic E-state index is 11.9. The fourth-order valence-electron chi connectivity index (χ4n) is 3.39. The van der Waals surface area contributed by atoms with Gasteiger partial charge in [0.15, 0.2) is 0 Å². The molecular formula is C18H35N3O3. The van der Waals surface area contributed by atoms with E-state index < -0.39 is 5.60 Å². The number of ether oxygens (including phenoxy) is 2. The molecule has 0 aliphatic carbocycles. The first-order chi connectivity index (χ1) is 11.4. The molecule has 0 aromatic carbocycles. The number of rotatable bonds is 5. The Balaban J connectivity index is 1.74. The third-order valence-electron chi connectivity index (χ3n) is 4.65. The number of nitrogens with zero attached hydrogens (tertiary/aromatic N) is 2. The quantitative estimate of drug-likeness (QED) is 0.830. The molecule has 1 atom stereocenters. The van der Waals surface area contributed by atoms with E-state index in [2.05, 4.69) is 15.1 Å². The fourth-order valence-corrected chi connectivity index (χ4v) is 3.39. The maximum atomic E-state index is 11.9. The molecule has 1 unspecified atom stereocenters. The van der Waals surface area contributed by atoms with E-state index in [9.17, 15) is 4.79 Å². The monoisotopic (exact) mass is 341 g/mol. The summed E-state index contributed by atoms with van der Waals surface area (Å²) >= 11 is 0. The Morgan fingerprint density at radius 1 is 1.12 bits per heavy atom. The van der Waals surface area contributed by atoms with Crippen LogP contribution >= 0.6 is 0 Å². The normalized spacial score (nSPS) is 24.4. The van der Waals surface area contributed by atoms with E-state index >= 15 is 0 Å². The lowest BCUT2D eigenvalue weighted by Gasteiger charge is -2.37. The molecule has 0 saturated carbocycles. The van der Waals surface area contributed by atoms with Crippen LogP contribution in [-0.4, -0.2) is 80.0 Å². The van der Waals surface area contributed by atoms with E-state index in [-0.39, 0.29) is 6.09 Å². The van der Waals surface area contributed by atoms with Gasteiger partial charge in [0, 0.05) is 45.4 Å². The van der Waals surface area contributed by atoms with Crippen molar-refractivity contribution in [3.8, 4) is 0 Å². The number of carbonyl (C=O) groups excluding carboxylic acids is 1. The van der Waals surface area contributed by atoms with Crippen LogP contribution in [0, 0.1) is 0 Å². The summed E-state index contributed by atoms with van der Waals surface area (Å²) in [5.41, 5.74) is -0.439. The van der Waals surface area contributed by atoms with Crippen LogP contribution in [0.2, 0.25) is 0 Å². The van der Waals surface area contributed by atoms with Gasteiger partial charge < -0.3 is 14.8 Å². The molecular weight excluding hydrogens is 306 g/mol. The van der Waals surface area contributed by atoms with Gasteiger partial charge in [0.1, 0.15) is 5.60 Å². The second-order valence-electron chi connectivity index (χ2n) is 7.88. The molecule has 6 heteroatoms. The standard InChI is InChI=1S/C18H35N3O3/c1-18(2,3)24-17(22)19-15-16-7-4-5-9-21(16)11-10-20-8-6-13-23-14-12-20/h16H,4-15H2,1-3H3,(H,19,22). The molecule has 2 rings (SSSR count). The van der Waals surface area contributed by atoms with Crippen LogP contribution in [0.25, 0.3) is 0 Å². The molecule has 0 radical (unpaired) electrons. The van der Waals surface area contributed by atoms with Crippen molar-refractivity contribution in [2.75, 3.05) is 52.5 Å². The van der Waals surface area contributed by atoms with Crippen molar-refractivity contribution in [3.05, 3.63) is 0 Å². The Kier molecular flexibility index (Phi) is 7.78. The van der Waals surface area contributed by atoms with E-state index in [1.165, 1.54) is 12.8 Å². The zero-order valence-corrected chi connectivity index (χ0v) is 15.7. The Bertz CT molecular complexity index is 376. The Labute approximate surface area is 146 Å². The molecule has 140 valence electrons. The van der Waals surface area contributed by atoms with Gasteiger partial charge in [0.05, 0.1) is 6.61 Å². The third-order valence-corrected chi connectivity index (χ3v) is 4.65. The van der Waals surface area contributed by atoms with E-state index in [4.69, 9.17) is 9.47 Å². The van der Waals surface area contributed by atoms with Crippen molar-refractivity contribution in [1.29, 1.82) is 0 Å². The Morgan fingerprint density at radius 2 is 1.96 bits per heavy atom. The molecule has 24 heavy (non-hydrogen) atoms. The average molecular weight is 341 g/mol. The number of nitrogens with one attached hydrogen (secondary N) is 1. The van der Waals surface area contributed by atoms with E-state index in [1.54, 1.807) is 0 Å². The average Bonchev–Trinajstić information content (AvgIpc) is 2.79. The van der Waals surface area contributed by atoms with Crippen molar-refractivity contribution >= 4 is 6.09 Å². The van der Waals surface area contributed by atoms with Gasteiger partial charge in [-0.3, -0.25) is 9.80 Å². The summed E-state index contributed by atoms with van der Waals surface area (Å²) in [5, 5.41) is 2.95. The highest BCUT2D eigenvalue weighted by molar-refractivity contribution is 5.67. The van der Waals surface area contributed by atoms with Crippen molar-refractivity contribution in [2.24, 2.45) is 0 Å². The first-order valence-corrected chi connectivity index (χ1v) is 9.45. The second-order valence-corrected chi connectivity index (χ2v) is 7.88. The number of hydrogen-bond acceptors (Lipinski definition) is 5. The molecule has 2 aliphatic heterocycles. The Hall–Kier alpha value is -0.850. The summed E-state index contributed by atoms with van der Waals surface area (Å²) < 4.78 is 10.9. The summed E-state index contributed by atoms with van der Waals surface area (Å²) in [5.74, 6) is 0. The molecule has 0 bridgehead atoms. The van der Waals surface area contributed by atoms with Crippen LogP contribution in [-0.2, 0) is 9.47 Å². The summed E-state index contributed by atoms with van der Waals surface area (Å²) in [6.45, 7) is 13.6. The first-order valence-electron chi connectivity index (χ1n) is 9.45. The first kappa shape index (κ1) is 19.5. The van der Waals surface area contributed by atoms with Crippen molar-refractivity contribution in [3.63, 3.8) is 0 Å². The third kappa shape index (κ3) is 7.36. The van der Waals surface area contributed by atoms with Gasteiger partial charge in [0.25, 0.3) is 0 Å². The van der Waals surface area contributed by atoms with E-state index in [0.717, 1.165) is 58.8 Å². The highest BCUT2D eigenvalue weighted by Gasteiger charge is 2.24. The SMILES string of the molecule is CC(C)(C)OC(=O)NCC1CCCCN1CCN1CCCOCC1. The minimum atomic E-state index is -0.439. The van der Waals surface area contributed by atoms with Gasteiger partial charge in [0.2, 0.25) is 0 Å². The van der Waals surface area contributed by atoms with Gasteiger partial charge in [-0.2, -0.15) is 0 Å². The van der Waals surface area contributed by atoms with Crippen molar-refractivity contribution in [2.45, 2.75) is 58.1 Å². The zero-order valence-electron chi connectivity index (χ0n) is 15.7. The van der Waals surface area contributed by atoms with Crippen molar-refractivity contribution in [1.82, 2.24) is 15.1 Å². The largest absolute Gasteiger partial charge is 0.444 e. The molecule has 2 aliphatic rings. The smallest absolute Gasteiger partial charge is 0.407 e. The highest BCUT2D eigenvalue weighted by Crippen LogP contribution is 2.17. The molecule has 0 spiro atoms. The summed E-state index contributed by atoms with van der Waals surface area (Å²) in [7, 11) is 0. The molecule has 6 nitrogen and oxygen atoms in total. The molecule has 1 amide bonds. The molecule has 2 saturated heterocycles. The van der Waals surface area contributed by atoms with Crippen LogP contribution in [0.5, 0.6) is 0 Å². The lowest BCUT2D eigenvalue weighted by Crippen LogP contribution is -2.49. The molecule has 0 aromatic heterocycles. The van der Waals surface area contributed by atoms with E-state index in [0.29, 0.717) is 12.6 Å². The molecule has 0 aromatic rings. The van der Waals surface area contributed by atoms with Crippen LogP contribution in [0.15, 0.2) is 0 Å². The number of alkyl carbamates (subject to hydrolysis) is 1. The predicted molar refractivity (Wildman–Crippen MR) is 95.3 cm³/mol. The topological polar surface area (TPSA) is 54.0 Å². The minimum absolute atomic E-state index is 0.308. The lowest BCUT2D eigenvalue weighted by molar-refractivity contribution is 0.0490. The number of piperidine rings is 1. The summed E-state index contributed by atoms with van der Waals surface area (Å²) in [4.78, 5) is 16.9. The minimum Gasteiger partial charge on any atom is -0.444 e. The number of likely N-dealkylation sites (tertiary alicyclic amines) is 1. The molecule has 2 fully saturated rings. The fraction of sp³-hybridized carbons (Fsp3) is 0.944. The number of carbonyl (C=O) groups is 1. The van der Waals surface area contributed by atoms with Gasteiger partial charge in [-0.15, -0.1) is 0 Å². The van der Waals surface area contributed by atoms with Gasteiger partial charge in [-0.05, 0) is 46.6 Å². The number of hydrogen-bond donors (Lipinski definition) is 1. The predicted octanol–water partition coefficient (Wildman–Crippen LogP) is 2.09. The van der Waals surface area contributed by atoms with Gasteiger partial charge in [-0.25, -0.2) is 4.79 Å². The number of amides is 1. The van der Waals surface area contributed by atoms with Crippen LogP contribution < -0.4 is 5.32 Å². The van der Waals surface area contributed by atoms with E-state index in [1.807, 2.05) is 20.8 Å². The van der Waals surface area contributed by atoms with Crippen LogP contribution in [0.1, 0.15) is 46.5 Å². The van der Waals surface area contributed by atoms with Gasteiger partial charge >= 0.3 is 6.09 Å². The summed E-state index contributed by atoms with van der Waals surface area (Å²) in [6, 6.07) is 0.425. The lowest BCUT2D eigenvalue weighted by atomic mass is 10.0. The highest BCUT2D eigenvalue weighted by atomic mass is 16.6. The van der Waals surface area contributed by atoms with Crippen LogP contribution in [0.3, 0.4) is 0 Å². The Morgan fingerprint density at radius 3 is 2.75 bits per heavy atom. The zero-order chi connectivity index (χ0) is 17.4. The molecule has 1 N–H and O–H groups in total. The maximum Gasteiger partial charge on any atom is 0.407 e. The molecule has 2 heterocycles. The van der Waals surface area contributed by atoms with Crippen molar-refractivity contribution < 1.29 is 14.3 Å². The second kappa shape index (κ2) is 9.59. The van der Waals surface area contributed by atoms with Crippen LogP contribution in [0.4, 0.5) is 4.79 Å². The van der Waals surface area contributed by atoms with Gasteiger partial charge in [-0.1, -0.05) is 6.42 Å². The summed E-state index contributed by atoms with van der Waals surface area (Å²) in [6.07, 6.45) is 4.47.